The first-order chi connectivity index (χ1) is 6.22. The summed E-state index contributed by atoms with van der Waals surface area (Å²) >= 11 is 3.90. The van der Waals surface area contributed by atoms with Crippen molar-refractivity contribution in [2.24, 2.45) is 0 Å². The summed E-state index contributed by atoms with van der Waals surface area (Å²) in [6.45, 7) is 3.94. The first-order valence-electron chi connectivity index (χ1n) is 4.76. The predicted octanol–water partition coefficient (Wildman–Crippen LogP) is 0.992. The van der Waals surface area contributed by atoms with Gasteiger partial charge in [-0.15, -0.1) is 0 Å². The van der Waals surface area contributed by atoms with Gasteiger partial charge in [-0.1, -0.05) is 6.92 Å². The maximum absolute atomic E-state index is 11.1. The van der Waals surface area contributed by atoms with E-state index in [-0.39, 0.29) is 17.3 Å². The van der Waals surface area contributed by atoms with Crippen molar-refractivity contribution < 1.29 is 9.53 Å². The summed E-state index contributed by atoms with van der Waals surface area (Å²) in [5.74, 6) is -0.0260. The molecule has 1 fully saturated rings. The molecule has 0 amide bonds. The molecule has 13 heavy (non-hydrogen) atoms. The van der Waals surface area contributed by atoms with Gasteiger partial charge < -0.3 is 10.1 Å². The molecule has 0 atom stereocenters. The standard InChI is InChI=1S/C9H17NO2S/c1-2-9(12-8(11)7-13)3-5-10-6-4-9/h10,13H,2-7H2,1H3. The van der Waals surface area contributed by atoms with E-state index < -0.39 is 0 Å². The lowest BCUT2D eigenvalue weighted by molar-refractivity contribution is -0.159. The Hall–Kier alpha value is -0.220. The van der Waals surface area contributed by atoms with Crippen molar-refractivity contribution in [3.63, 3.8) is 0 Å². The van der Waals surface area contributed by atoms with Crippen molar-refractivity contribution in [3.8, 4) is 0 Å². The lowest BCUT2D eigenvalue weighted by Gasteiger charge is -2.36. The first-order valence-corrected chi connectivity index (χ1v) is 5.39. The van der Waals surface area contributed by atoms with E-state index in [2.05, 4.69) is 24.9 Å². The van der Waals surface area contributed by atoms with Gasteiger partial charge in [-0.05, 0) is 32.4 Å². The van der Waals surface area contributed by atoms with Crippen molar-refractivity contribution >= 4 is 18.6 Å². The lowest BCUT2D eigenvalue weighted by Crippen LogP contribution is -2.45. The van der Waals surface area contributed by atoms with Crippen LogP contribution in [-0.4, -0.2) is 30.4 Å². The van der Waals surface area contributed by atoms with Crippen LogP contribution in [0.2, 0.25) is 0 Å². The maximum atomic E-state index is 11.1. The highest BCUT2D eigenvalue weighted by Gasteiger charge is 2.33. The van der Waals surface area contributed by atoms with Crippen LogP contribution in [0.25, 0.3) is 0 Å². The minimum Gasteiger partial charge on any atom is -0.458 e. The fourth-order valence-corrected chi connectivity index (χ4v) is 1.75. The van der Waals surface area contributed by atoms with Crippen LogP contribution in [0.1, 0.15) is 26.2 Å². The number of esters is 1. The van der Waals surface area contributed by atoms with Gasteiger partial charge in [0, 0.05) is 0 Å². The zero-order valence-electron chi connectivity index (χ0n) is 8.01. The molecule has 3 nitrogen and oxygen atoms in total. The van der Waals surface area contributed by atoms with Gasteiger partial charge in [-0.3, -0.25) is 4.79 Å². The molecule has 0 aromatic heterocycles. The first kappa shape index (κ1) is 10.9. The Balaban J connectivity index is 2.52. The zero-order chi connectivity index (χ0) is 9.73. The smallest absolute Gasteiger partial charge is 0.316 e. The second kappa shape index (κ2) is 4.86. The van der Waals surface area contributed by atoms with Gasteiger partial charge in [-0.2, -0.15) is 12.6 Å². The molecule has 1 heterocycles. The van der Waals surface area contributed by atoms with Gasteiger partial charge in [0.25, 0.3) is 0 Å². The fraction of sp³-hybridized carbons (Fsp3) is 0.889. The van der Waals surface area contributed by atoms with Crippen LogP contribution >= 0.6 is 12.6 Å². The topological polar surface area (TPSA) is 38.3 Å². The van der Waals surface area contributed by atoms with Crippen LogP contribution in [0.5, 0.6) is 0 Å². The lowest BCUT2D eigenvalue weighted by atomic mass is 9.89. The molecule has 0 saturated carbocycles. The largest absolute Gasteiger partial charge is 0.458 e. The van der Waals surface area contributed by atoms with E-state index in [1.807, 2.05) is 0 Å². The molecular weight excluding hydrogens is 186 g/mol. The number of carbonyl (C=O) groups excluding carboxylic acids is 1. The summed E-state index contributed by atoms with van der Waals surface area (Å²) in [5, 5.41) is 3.25. The summed E-state index contributed by atoms with van der Waals surface area (Å²) in [4.78, 5) is 11.1. The maximum Gasteiger partial charge on any atom is 0.316 e. The monoisotopic (exact) mass is 203 g/mol. The number of rotatable bonds is 3. The third-order valence-corrected chi connectivity index (χ3v) is 2.88. The Morgan fingerprint density at radius 2 is 2.15 bits per heavy atom. The molecule has 1 aliphatic heterocycles. The van der Waals surface area contributed by atoms with Crippen molar-refractivity contribution in [2.45, 2.75) is 31.8 Å². The van der Waals surface area contributed by atoms with E-state index in [0.717, 1.165) is 32.4 Å². The van der Waals surface area contributed by atoms with Crippen LogP contribution in [0.3, 0.4) is 0 Å². The minimum absolute atomic E-state index is 0.176. The summed E-state index contributed by atoms with van der Waals surface area (Å²) in [6.07, 6.45) is 2.74. The van der Waals surface area contributed by atoms with Crippen LogP contribution in [-0.2, 0) is 9.53 Å². The van der Waals surface area contributed by atoms with Crippen LogP contribution in [0.15, 0.2) is 0 Å². The number of thiol groups is 1. The number of hydrogen-bond acceptors (Lipinski definition) is 4. The van der Waals surface area contributed by atoms with Gasteiger partial charge in [0.15, 0.2) is 0 Å². The molecule has 1 rings (SSSR count). The minimum atomic E-state index is -0.217. The third kappa shape index (κ3) is 2.88. The molecular formula is C9H17NO2S. The molecule has 0 aliphatic carbocycles. The van der Waals surface area contributed by atoms with Crippen molar-refractivity contribution in [1.82, 2.24) is 5.32 Å². The highest BCUT2D eigenvalue weighted by atomic mass is 32.1. The number of ether oxygens (including phenoxy) is 1. The summed E-state index contributed by atoms with van der Waals surface area (Å²) < 4.78 is 5.42. The quantitative estimate of drug-likeness (QED) is 0.531. The second-order valence-electron chi connectivity index (χ2n) is 3.42. The van der Waals surface area contributed by atoms with E-state index in [1.165, 1.54) is 0 Å². The average molecular weight is 203 g/mol. The zero-order valence-corrected chi connectivity index (χ0v) is 8.90. The van der Waals surface area contributed by atoms with Crippen LogP contribution in [0, 0.1) is 0 Å². The van der Waals surface area contributed by atoms with Crippen molar-refractivity contribution in [1.29, 1.82) is 0 Å². The summed E-state index contributed by atoms with van der Waals surface area (Å²) in [7, 11) is 0. The van der Waals surface area contributed by atoms with E-state index in [9.17, 15) is 4.79 Å². The highest BCUT2D eigenvalue weighted by molar-refractivity contribution is 7.81. The summed E-state index contributed by atoms with van der Waals surface area (Å²) in [5.41, 5.74) is -0.217. The molecule has 0 radical (unpaired) electrons. The van der Waals surface area contributed by atoms with E-state index in [1.54, 1.807) is 0 Å². The van der Waals surface area contributed by atoms with Gasteiger partial charge in [0.05, 0.1) is 5.75 Å². The Kier molecular flexibility index (Phi) is 4.06. The molecule has 0 aromatic carbocycles. The second-order valence-corrected chi connectivity index (χ2v) is 3.73. The van der Waals surface area contributed by atoms with Crippen LogP contribution in [0.4, 0.5) is 0 Å². The molecule has 1 N–H and O–H groups in total. The highest BCUT2D eigenvalue weighted by Crippen LogP contribution is 2.26. The Morgan fingerprint density at radius 1 is 1.54 bits per heavy atom. The average Bonchev–Trinajstić information content (AvgIpc) is 2.19. The number of piperidine rings is 1. The van der Waals surface area contributed by atoms with E-state index in [4.69, 9.17) is 4.74 Å². The molecule has 1 aliphatic rings. The molecule has 76 valence electrons. The summed E-state index contributed by atoms with van der Waals surface area (Å²) in [6, 6.07) is 0. The fourth-order valence-electron chi connectivity index (χ4n) is 1.68. The molecule has 0 unspecified atom stereocenters. The SMILES string of the molecule is CCC1(OC(=O)CS)CCNCC1. The van der Waals surface area contributed by atoms with Crippen molar-refractivity contribution in [2.75, 3.05) is 18.8 Å². The molecule has 4 heteroatoms. The number of hydrogen-bond donors (Lipinski definition) is 2. The number of carbonyl (C=O) groups is 1. The Bertz CT molecular complexity index is 178. The van der Waals surface area contributed by atoms with E-state index >= 15 is 0 Å². The normalized spacial score (nSPS) is 21.1. The number of nitrogens with one attached hydrogen (secondary N) is 1. The predicted molar refractivity (Wildman–Crippen MR) is 55.1 cm³/mol. The van der Waals surface area contributed by atoms with E-state index in [0.29, 0.717) is 0 Å². The Labute approximate surface area is 84.6 Å². The molecule has 1 saturated heterocycles. The third-order valence-electron chi connectivity index (χ3n) is 2.62. The van der Waals surface area contributed by atoms with Gasteiger partial charge in [-0.25, -0.2) is 0 Å². The van der Waals surface area contributed by atoms with Crippen LogP contribution < -0.4 is 5.32 Å². The van der Waals surface area contributed by atoms with Gasteiger partial charge in [0.2, 0.25) is 0 Å². The van der Waals surface area contributed by atoms with Crippen molar-refractivity contribution in [3.05, 3.63) is 0 Å². The molecule has 0 bridgehead atoms. The van der Waals surface area contributed by atoms with Gasteiger partial charge >= 0.3 is 5.97 Å². The van der Waals surface area contributed by atoms with Gasteiger partial charge in [0.1, 0.15) is 5.60 Å². The Morgan fingerprint density at radius 3 is 2.62 bits per heavy atom. The molecule has 0 spiro atoms. The molecule has 0 aromatic rings.